The minimum absolute atomic E-state index is 0.0747. The van der Waals surface area contributed by atoms with E-state index in [4.69, 9.17) is 15.6 Å². The van der Waals surface area contributed by atoms with Gasteiger partial charge in [-0.1, -0.05) is 0 Å². The van der Waals surface area contributed by atoms with Crippen molar-refractivity contribution in [2.24, 2.45) is 0 Å². The third kappa shape index (κ3) is 7.49. The van der Waals surface area contributed by atoms with E-state index in [0.29, 0.717) is 17.9 Å². The number of aromatic nitrogens is 6. The lowest BCUT2D eigenvalue weighted by atomic mass is 10.5. The normalized spacial score (nSPS) is 9.41. The van der Waals surface area contributed by atoms with Gasteiger partial charge in [-0.2, -0.15) is 10.5 Å². The molecule has 2 N–H and O–H groups in total. The van der Waals surface area contributed by atoms with E-state index in [1.54, 1.807) is 34.9 Å². The van der Waals surface area contributed by atoms with Crippen molar-refractivity contribution >= 4 is 54.5 Å². The van der Waals surface area contributed by atoms with Gasteiger partial charge in [0.25, 0.3) is 0 Å². The Bertz CT molecular complexity index is 1090. The molecule has 4 aromatic rings. The Kier molecular flexibility index (Phi) is 9.63. The summed E-state index contributed by atoms with van der Waals surface area (Å²) in [7, 11) is 0. The van der Waals surface area contributed by atoms with Crippen LogP contribution in [-0.2, 0) is 13.2 Å². The van der Waals surface area contributed by atoms with Crippen LogP contribution in [-0.4, -0.2) is 34.6 Å². The highest BCUT2D eigenvalue weighted by molar-refractivity contribution is 9.10. The van der Waals surface area contributed by atoms with Crippen LogP contribution in [0.5, 0.6) is 0 Å². The van der Waals surface area contributed by atoms with Gasteiger partial charge in [0.1, 0.15) is 27.0 Å². The highest BCUT2D eigenvalue weighted by Crippen LogP contribution is 2.20. The Labute approximate surface area is 190 Å². The number of nitriles is 2. The van der Waals surface area contributed by atoms with Crippen LogP contribution in [0.15, 0.2) is 45.3 Å². The molecule has 0 aliphatic carbocycles. The van der Waals surface area contributed by atoms with Crippen molar-refractivity contribution in [3.63, 3.8) is 0 Å². The molecule has 4 heterocycles. The van der Waals surface area contributed by atoms with E-state index >= 15 is 0 Å². The van der Waals surface area contributed by atoms with E-state index in [1.165, 1.54) is 23.9 Å². The summed E-state index contributed by atoms with van der Waals surface area (Å²) in [5.41, 5.74) is 4.41. The van der Waals surface area contributed by atoms with Gasteiger partial charge < -0.3 is 14.7 Å². The van der Waals surface area contributed by atoms with Crippen molar-refractivity contribution < 1.29 is 5.11 Å². The zero-order valence-electron chi connectivity index (χ0n) is 14.5. The number of halogens is 2. The number of hydrogen-bond acceptors (Lipinski definition) is 9. The minimum Gasteiger partial charge on any atom is -0.391 e. The summed E-state index contributed by atoms with van der Waals surface area (Å²) in [5, 5.41) is 25.2. The van der Waals surface area contributed by atoms with Crippen molar-refractivity contribution in [2.75, 3.05) is 0 Å². The second kappa shape index (κ2) is 12.2. The highest BCUT2D eigenvalue weighted by atomic mass is 79.9. The number of imidazole rings is 2. The van der Waals surface area contributed by atoms with E-state index in [2.05, 4.69) is 56.8 Å². The first-order valence-electron chi connectivity index (χ1n) is 7.64. The molecule has 0 fully saturated rings. The van der Waals surface area contributed by atoms with Crippen molar-refractivity contribution in [3.05, 3.63) is 66.4 Å². The Hall–Kier alpha value is -2.42. The largest absolute Gasteiger partial charge is 0.391 e. The summed E-state index contributed by atoms with van der Waals surface area (Å²) < 4.78 is 3.47. The Balaban J connectivity index is 0.000000170. The molecule has 148 valence electrons. The maximum absolute atomic E-state index is 8.59. The molecule has 0 aliphatic rings. The SMILES string of the molecule is N#Cc1cn(Cc2scnc2Br)cn1.N#Cc1cnc[nH]1.OCc1scnc1Br. The molecular weight excluding hydrogens is 544 g/mol. The average molecular weight is 556 g/mol. The number of aliphatic hydroxyl groups is 1. The molecule has 4 rings (SSSR count). The molecular formula is C16H12Br2N8OS2. The maximum Gasteiger partial charge on any atom is 0.158 e. The van der Waals surface area contributed by atoms with Gasteiger partial charge in [0.05, 0.1) is 52.8 Å². The van der Waals surface area contributed by atoms with Crippen molar-refractivity contribution in [2.45, 2.75) is 13.2 Å². The molecule has 9 nitrogen and oxygen atoms in total. The van der Waals surface area contributed by atoms with Gasteiger partial charge in [-0.25, -0.2) is 19.9 Å². The number of rotatable bonds is 3. The van der Waals surface area contributed by atoms with Crippen LogP contribution in [0.25, 0.3) is 0 Å². The van der Waals surface area contributed by atoms with Gasteiger partial charge in [0.15, 0.2) is 5.69 Å². The van der Waals surface area contributed by atoms with Crippen LogP contribution in [0.4, 0.5) is 0 Å². The van der Waals surface area contributed by atoms with Crippen LogP contribution < -0.4 is 0 Å². The second-order valence-corrected chi connectivity index (χ2v) is 8.29. The smallest absolute Gasteiger partial charge is 0.158 e. The second-order valence-electron chi connectivity index (χ2n) is 4.91. The van der Waals surface area contributed by atoms with Crippen LogP contribution in [0, 0.1) is 22.7 Å². The molecule has 13 heteroatoms. The van der Waals surface area contributed by atoms with E-state index < -0.39 is 0 Å². The molecule has 0 atom stereocenters. The number of nitrogens with one attached hydrogen (secondary N) is 1. The molecule has 29 heavy (non-hydrogen) atoms. The maximum atomic E-state index is 8.59. The van der Waals surface area contributed by atoms with Gasteiger partial charge in [-0.3, -0.25) is 0 Å². The molecule has 0 saturated heterocycles. The summed E-state index contributed by atoms with van der Waals surface area (Å²) in [6, 6.07) is 3.87. The third-order valence-corrected chi connectivity index (χ3v) is 6.55. The van der Waals surface area contributed by atoms with Gasteiger partial charge in [-0.15, -0.1) is 22.7 Å². The van der Waals surface area contributed by atoms with Gasteiger partial charge in [0.2, 0.25) is 0 Å². The van der Waals surface area contributed by atoms with Crippen molar-refractivity contribution in [1.82, 2.24) is 29.5 Å². The summed E-state index contributed by atoms with van der Waals surface area (Å²) in [5.74, 6) is 0. The first-order chi connectivity index (χ1) is 14.1. The summed E-state index contributed by atoms with van der Waals surface area (Å²) >= 11 is 9.53. The number of thiazole rings is 2. The van der Waals surface area contributed by atoms with Crippen molar-refractivity contribution in [1.29, 1.82) is 10.5 Å². The van der Waals surface area contributed by atoms with E-state index in [-0.39, 0.29) is 6.61 Å². The Morgan fingerprint density at radius 3 is 2.14 bits per heavy atom. The first kappa shape index (κ1) is 22.9. The summed E-state index contributed by atoms with van der Waals surface area (Å²) in [6.07, 6.45) is 6.30. The molecule has 0 aliphatic heterocycles. The molecule has 0 radical (unpaired) electrons. The number of aliphatic hydroxyl groups excluding tert-OH is 1. The lowest BCUT2D eigenvalue weighted by Crippen LogP contribution is -1.94. The van der Waals surface area contributed by atoms with E-state index in [0.717, 1.165) is 19.0 Å². The zero-order chi connectivity index (χ0) is 21.1. The number of nitrogens with zero attached hydrogens (tertiary/aromatic N) is 7. The number of H-pyrrole nitrogens is 1. The van der Waals surface area contributed by atoms with Crippen LogP contribution >= 0.6 is 54.5 Å². The van der Waals surface area contributed by atoms with Gasteiger partial charge >= 0.3 is 0 Å². The predicted octanol–water partition coefficient (Wildman–Crippen LogP) is 3.70. The van der Waals surface area contributed by atoms with E-state index in [1.807, 2.05) is 16.7 Å². The van der Waals surface area contributed by atoms with Crippen LogP contribution in [0.3, 0.4) is 0 Å². The topological polar surface area (TPSA) is 140 Å². The predicted molar refractivity (Wildman–Crippen MR) is 115 cm³/mol. The highest BCUT2D eigenvalue weighted by Gasteiger charge is 2.04. The molecule has 0 spiro atoms. The fraction of sp³-hybridized carbons (Fsp3) is 0.125. The van der Waals surface area contributed by atoms with Crippen molar-refractivity contribution in [3.8, 4) is 12.1 Å². The summed E-state index contributed by atoms with van der Waals surface area (Å²) in [4.78, 5) is 20.1. The van der Waals surface area contributed by atoms with Crippen LogP contribution in [0.1, 0.15) is 21.1 Å². The fourth-order valence-electron chi connectivity index (χ4n) is 1.71. The standard InChI is InChI=1S/C8H5BrN4S.C4H4BrNOS.C4H3N3/c9-8-7(14-5-12-8)3-13-2-6(1-10)11-4-13;5-4-3(1-7)8-2-6-4;5-1-4-2-6-3-7-4/h2,4-5H,3H2;2,7H,1H2;2-3H,(H,6,7). The average Bonchev–Trinajstić information content (AvgIpc) is 3.52. The van der Waals surface area contributed by atoms with Gasteiger partial charge in [-0.05, 0) is 31.9 Å². The first-order valence-corrected chi connectivity index (χ1v) is 11.0. The number of hydrogen-bond donors (Lipinski definition) is 2. The van der Waals surface area contributed by atoms with Crippen LogP contribution in [0.2, 0.25) is 0 Å². The lowest BCUT2D eigenvalue weighted by molar-refractivity contribution is 0.284. The lowest BCUT2D eigenvalue weighted by Gasteiger charge is -1.97. The molecule has 0 unspecified atom stereocenters. The van der Waals surface area contributed by atoms with E-state index in [9.17, 15) is 0 Å². The zero-order valence-corrected chi connectivity index (χ0v) is 19.3. The Morgan fingerprint density at radius 2 is 1.76 bits per heavy atom. The minimum atomic E-state index is 0.0747. The fourth-order valence-corrected chi connectivity index (χ4v) is 4.16. The number of aromatic amines is 1. The quantitative estimate of drug-likeness (QED) is 0.392. The Morgan fingerprint density at radius 1 is 1.07 bits per heavy atom. The molecule has 0 aromatic carbocycles. The third-order valence-electron chi connectivity index (χ3n) is 3.02. The monoisotopic (exact) mass is 554 g/mol. The molecule has 4 aromatic heterocycles. The molecule has 0 saturated carbocycles. The molecule has 0 bridgehead atoms. The van der Waals surface area contributed by atoms with Gasteiger partial charge in [0, 0.05) is 6.20 Å². The summed E-state index contributed by atoms with van der Waals surface area (Å²) in [6.45, 7) is 0.769. The molecule has 0 amide bonds.